The van der Waals surface area contributed by atoms with Crippen molar-refractivity contribution in [1.29, 1.82) is 0 Å². The SMILES string of the molecule is Cc1cc(CS(=O)(=O)N(C)CCC(C)O)no1. The van der Waals surface area contributed by atoms with Crippen molar-refractivity contribution < 1.29 is 18.0 Å². The Morgan fingerprint density at radius 2 is 2.24 bits per heavy atom. The summed E-state index contributed by atoms with van der Waals surface area (Å²) < 4.78 is 29.8. The number of aliphatic hydroxyl groups excluding tert-OH is 1. The second-order valence-corrected chi connectivity index (χ2v) is 6.22. The second-order valence-electron chi connectivity index (χ2n) is 4.14. The van der Waals surface area contributed by atoms with E-state index in [1.807, 2.05) is 0 Å². The van der Waals surface area contributed by atoms with E-state index in [-0.39, 0.29) is 12.3 Å². The Labute approximate surface area is 101 Å². The van der Waals surface area contributed by atoms with Crippen LogP contribution in [0.4, 0.5) is 0 Å². The molecule has 6 nitrogen and oxygen atoms in total. The van der Waals surface area contributed by atoms with E-state index >= 15 is 0 Å². The lowest BCUT2D eigenvalue weighted by Gasteiger charge is -2.16. The van der Waals surface area contributed by atoms with Gasteiger partial charge < -0.3 is 9.63 Å². The number of hydrogen-bond donors (Lipinski definition) is 1. The van der Waals surface area contributed by atoms with Gasteiger partial charge in [0.15, 0.2) is 0 Å². The van der Waals surface area contributed by atoms with Crippen LogP contribution in [0.15, 0.2) is 10.6 Å². The van der Waals surface area contributed by atoms with Gasteiger partial charge >= 0.3 is 0 Å². The van der Waals surface area contributed by atoms with E-state index in [0.717, 1.165) is 0 Å². The van der Waals surface area contributed by atoms with Crippen molar-refractivity contribution in [3.63, 3.8) is 0 Å². The second kappa shape index (κ2) is 5.61. The summed E-state index contributed by atoms with van der Waals surface area (Å²) in [6.07, 6.45) is -0.102. The third-order valence-corrected chi connectivity index (χ3v) is 4.14. The molecule has 0 saturated carbocycles. The molecule has 98 valence electrons. The molecule has 0 aliphatic rings. The maximum atomic E-state index is 11.9. The van der Waals surface area contributed by atoms with Crippen molar-refractivity contribution in [1.82, 2.24) is 9.46 Å². The van der Waals surface area contributed by atoms with Crippen LogP contribution in [-0.4, -0.2) is 42.7 Å². The summed E-state index contributed by atoms with van der Waals surface area (Å²) in [7, 11) is -1.91. The fraction of sp³-hybridized carbons (Fsp3) is 0.700. The number of nitrogens with zero attached hydrogens (tertiary/aromatic N) is 2. The number of aromatic nitrogens is 1. The Morgan fingerprint density at radius 3 is 2.71 bits per heavy atom. The van der Waals surface area contributed by atoms with Gasteiger partial charge in [-0.2, -0.15) is 0 Å². The Bertz CT molecular complexity index is 453. The van der Waals surface area contributed by atoms with Crippen LogP contribution < -0.4 is 0 Å². The number of aliphatic hydroxyl groups is 1. The molecular weight excluding hydrogens is 244 g/mol. The summed E-state index contributed by atoms with van der Waals surface area (Å²) in [4.78, 5) is 0. The summed E-state index contributed by atoms with van der Waals surface area (Å²) in [5, 5.41) is 12.8. The predicted octanol–water partition coefficient (Wildman–Crippen LogP) is 0.516. The van der Waals surface area contributed by atoms with Crippen molar-refractivity contribution >= 4 is 10.0 Å². The first-order chi connectivity index (χ1) is 7.81. The fourth-order valence-electron chi connectivity index (χ4n) is 1.29. The average molecular weight is 262 g/mol. The van der Waals surface area contributed by atoms with E-state index in [4.69, 9.17) is 9.63 Å². The van der Waals surface area contributed by atoms with Crippen LogP contribution in [0.2, 0.25) is 0 Å². The van der Waals surface area contributed by atoms with Gasteiger partial charge in [-0.15, -0.1) is 0 Å². The van der Waals surface area contributed by atoms with Crippen molar-refractivity contribution in [3.8, 4) is 0 Å². The minimum atomic E-state index is -3.40. The number of hydrogen-bond acceptors (Lipinski definition) is 5. The first-order valence-corrected chi connectivity index (χ1v) is 6.96. The topological polar surface area (TPSA) is 83.6 Å². The molecule has 0 fully saturated rings. The van der Waals surface area contributed by atoms with Crippen molar-refractivity contribution in [2.75, 3.05) is 13.6 Å². The van der Waals surface area contributed by atoms with Gasteiger partial charge in [0, 0.05) is 19.7 Å². The molecule has 1 aromatic rings. The standard InChI is InChI=1S/C10H18N2O4S/c1-8(13)4-5-12(3)17(14,15)7-10-6-9(2)16-11-10/h6,8,13H,4-5,7H2,1-3H3. The summed E-state index contributed by atoms with van der Waals surface area (Å²) in [6.45, 7) is 3.62. The molecule has 1 atom stereocenters. The zero-order valence-corrected chi connectivity index (χ0v) is 11.1. The minimum Gasteiger partial charge on any atom is -0.393 e. The van der Waals surface area contributed by atoms with Gasteiger partial charge in [-0.25, -0.2) is 12.7 Å². The molecule has 0 aliphatic carbocycles. The van der Waals surface area contributed by atoms with Crippen molar-refractivity contribution in [2.24, 2.45) is 0 Å². The van der Waals surface area contributed by atoms with Crippen molar-refractivity contribution in [2.45, 2.75) is 32.1 Å². The quantitative estimate of drug-likeness (QED) is 0.807. The summed E-state index contributed by atoms with van der Waals surface area (Å²) in [5.74, 6) is 0.405. The first-order valence-electron chi connectivity index (χ1n) is 5.35. The highest BCUT2D eigenvalue weighted by Gasteiger charge is 2.20. The van der Waals surface area contributed by atoms with E-state index in [9.17, 15) is 8.42 Å². The maximum Gasteiger partial charge on any atom is 0.219 e. The van der Waals surface area contributed by atoms with Gasteiger partial charge in [0.2, 0.25) is 10.0 Å². The molecule has 0 aliphatic heterocycles. The smallest absolute Gasteiger partial charge is 0.219 e. The highest BCUT2D eigenvalue weighted by atomic mass is 32.2. The Kier molecular flexibility index (Phi) is 4.67. The van der Waals surface area contributed by atoms with Gasteiger partial charge in [0.05, 0.1) is 6.10 Å². The molecule has 0 aromatic carbocycles. The lowest BCUT2D eigenvalue weighted by molar-refractivity contribution is 0.177. The first kappa shape index (κ1) is 14.1. The molecule has 0 bridgehead atoms. The van der Waals surface area contributed by atoms with E-state index in [1.54, 1.807) is 19.9 Å². The highest BCUT2D eigenvalue weighted by Crippen LogP contribution is 2.10. The predicted molar refractivity (Wildman–Crippen MR) is 62.8 cm³/mol. The normalized spacial score (nSPS) is 14.2. The van der Waals surface area contributed by atoms with Gasteiger partial charge in [-0.05, 0) is 20.3 Å². The Morgan fingerprint density at radius 1 is 1.59 bits per heavy atom. The van der Waals surface area contributed by atoms with Crippen molar-refractivity contribution in [3.05, 3.63) is 17.5 Å². The molecule has 0 spiro atoms. The Balaban J connectivity index is 2.61. The molecule has 1 heterocycles. The zero-order chi connectivity index (χ0) is 13.1. The summed E-state index contributed by atoms with van der Waals surface area (Å²) in [6, 6.07) is 1.60. The molecule has 1 aromatic heterocycles. The lowest BCUT2D eigenvalue weighted by atomic mass is 10.3. The van der Waals surface area contributed by atoms with Gasteiger partial charge in [-0.3, -0.25) is 0 Å². The number of aryl methyl sites for hydroxylation is 1. The zero-order valence-electron chi connectivity index (χ0n) is 10.3. The van der Waals surface area contributed by atoms with Gasteiger partial charge in [0.25, 0.3) is 0 Å². The van der Waals surface area contributed by atoms with Crippen LogP contribution in [0.5, 0.6) is 0 Å². The molecule has 0 saturated heterocycles. The van der Waals surface area contributed by atoms with Gasteiger partial charge in [-0.1, -0.05) is 5.16 Å². The summed E-state index contributed by atoms with van der Waals surface area (Å²) in [5.41, 5.74) is 0.395. The van der Waals surface area contributed by atoms with E-state index in [1.165, 1.54) is 11.4 Å². The Hall–Kier alpha value is -0.920. The molecule has 1 rings (SSSR count). The van der Waals surface area contributed by atoms with Crippen LogP contribution >= 0.6 is 0 Å². The molecule has 0 amide bonds. The maximum absolute atomic E-state index is 11.9. The number of rotatable bonds is 6. The molecule has 0 radical (unpaired) electrons. The lowest BCUT2D eigenvalue weighted by Crippen LogP contribution is -2.30. The van der Waals surface area contributed by atoms with Crippen LogP contribution in [-0.2, 0) is 15.8 Å². The van der Waals surface area contributed by atoms with Crippen LogP contribution in [0.25, 0.3) is 0 Å². The van der Waals surface area contributed by atoms with Crippen LogP contribution in [0.1, 0.15) is 24.8 Å². The van der Waals surface area contributed by atoms with Crippen LogP contribution in [0, 0.1) is 6.92 Å². The molecular formula is C10H18N2O4S. The van der Waals surface area contributed by atoms with E-state index < -0.39 is 16.1 Å². The molecule has 1 N–H and O–H groups in total. The molecule has 17 heavy (non-hydrogen) atoms. The fourth-order valence-corrected chi connectivity index (χ4v) is 2.40. The summed E-state index contributed by atoms with van der Waals surface area (Å²) >= 11 is 0. The monoisotopic (exact) mass is 262 g/mol. The van der Waals surface area contributed by atoms with Gasteiger partial charge in [0.1, 0.15) is 17.2 Å². The number of sulfonamides is 1. The minimum absolute atomic E-state index is 0.180. The third kappa shape index (κ3) is 4.45. The largest absolute Gasteiger partial charge is 0.393 e. The third-order valence-electron chi connectivity index (χ3n) is 2.34. The average Bonchev–Trinajstić information content (AvgIpc) is 2.59. The van der Waals surface area contributed by atoms with Crippen LogP contribution in [0.3, 0.4) is 0 Å². The molecule has 7 heteroatoms. The highest BCUT2D eigenvalue weighted by molar-refractivity contribution is 7.88. The van der Waals surface area contributed by atoms with E-state index in [2.05, 4.69) is 5.16 Å². The molecule has 1 unspecified atom stereocenters. The van der Waals surface area contributed by atoms with E-state index in [0.29, 0.717) is 17.9 Å².